The van der Waals surface area contributed by atoms with Gasteiger partial charge >= 0.3 is 12.1 Å². The van der Waals surface area contributed by atoms with Crippen LogP contribution < -0.4 is 14.8 Å². The highest BCUT2D eigenvalue weighted by atomic mass is 32.2. The SMILES string of the molecule is CCOC(=O)C(CCc1ccc(OC)c(OC)c1)N[C@@H](C)C(=O)N1CCSCC1(C)OC(=O)OC. The predicted octanol–water partition coefficient (Wildman–Crippen LogP) is 2.62. The molecule has 0 aliphatic carbocycles. The van der Waals surface area contributed by atoms with Crippen molar-refractivity contribution in [2.45, 2.75) is 51.4 Å². The van der Waals surface area contributed by atoms with E-state index >= 15 is 0 Å². The van der Waals surface area contributed by atoms with E-state index < -0.39 is 29.9 Å². The van der Waals surface area contributed by atoms with Crippen LogP contribution in [-0.4, -0.2) is 86.7 Å². The Kier molecular flexibility index (Phi) is 11.0. The fourth-order valence-corrected chi connectivity index (χ4v) is 4.90. The van der Waals surface area contributed by atoms with Gasteiger partial charge < -0.3 is 28.6 Å². The number of hydrogen-bond acceptors (Lipinski definition) is 10. The van der Waals surface area contributed by atoms with Crippen molar-refractivity contribution < 1.29 is 38.1 Å². The Morgan fingerprint density at radius 2 is 1.89 bits per heavy atom. The van der Waals surface area contributed by atoms with Gasteiger partial charge in [-0.2, -0.15) is 11.8 Å². The molecule has 11 heteroatoms. The number of esters is 1. The van der Waals surface area contributed by atoms with Crippen molar-refractivity contribution in [2.24, 2.45) is 0 Å². The van der Waals surface area contributed by atoms with Gasteiger partial charge in [0.1, 0.15) is 6.04 Å². The third kappa shape index (κ3) is 7.66. The van der Waals surface area contributed by atoms with E-state index in [1.165, 1.54) is 12.0 Å². The van der Waals surface area contributed by atoms with Crippen LogP contribution in [0.1, 0.15) is 32.8 Å². The summed E-state index contributed by atoms with van der Waals surface area (Å²) in [7, 11) is 4.36. The number of nitrogens with zero attached hydrogens (tertiary/aromatic N) is 1. The maximum atomic E-state index is 13.4. The Balaban J connectivity index is 2.13. The topological polar surface area (TPSA) is 113 Å². The van der Waals surface area contributed by atoms with Gasteiger partial charge in [0.15, 0.2) is 17.2 Å². The van der Waals surface area contributed by atoms with Crippen molar-refractivity contribution in [3.8, 4) is 11.5 Å². The maximum absolute atomic E-state index is 13.4. The van der Waals surface area contributed by atoms with Gasteiger partial charge in [0.2, 0.25) is 5.91 Å². The molecule has 0 aromatic heterocycles. The molecule has 1 N–H and O–H groups in total. The summed E-state index contributed by atoms with van der Waals surface area (Å²) in [6.45, 7) is 5.73. The summed E-state index contributed by atoms with van der Waals surface area (Å²) in [5, 5.41) is 3.12. The number of nitrogens with one attached hydrogen (secondary N) is 1. The number of rotatable bonds is 11. The van der Waals surface area contributed by atoms with E-state index in [-0.39, 0.29) is 12.5 Å². The summed E-state index contributed by atoms with van der Waals surface area (Å²) in [5.74, 6) is 1.63. The normalized spacial score (nSPS) is 19.3. The minimum Gasteiger partial charge on any atom is -0.493 e. The van der Waals surface area contributed by atoms with Gasteiger partial charge in [-0.3, -0.25) is 14.9 Å². The number of ether oxygens (including phenoxy) is 5. The Morgan fingerprint density at radius 1 is 1.17 bits per heavy atom. The van der Waals surface area contributed by atoms with Gasteiger partial charge in [-0.1, -0.05) is 6.07 Å². The first-order valence-electron chi connectivity index (χ1n) is 11.5. The minimum atomic E-state index is -1.15. The molecule has 0 spiro atoms. The van der Waals surface area contributed by atoms with Gasteiger partial charge in [0, 0.05) is 12.3 Å². The summed E-state index contributed by atoms with van der Waals surface area (Å²) < 4.78 is 25.9. The molecular weight excluding hydrogens is 476 g/mol. The molecule has 2 rings (SSSR count). The second-order valence-corrected chi connectivity index (χ2v) is 9.30. The number of hydrogen-bond donors (Lipinski definition) is 1. The van der Waals surface area contributed by atoms with Crippen molar-refractivity contribution in [3.05, 3.63) is 23.8 Å². The summed E-state index contributed by atoms with van der Waals surface area (Å²) in [6, 6.07) is 4.13. The molecule has 1 saturated heterocycles. The van der Waals surface area contributed by atoms with Crippen LogP contribution in [0, 0.1) is 0 Å². The second-order valence-electron chi connectivity index (χ2n) is 8.19. The molecule has 10 nitrogen and oxygen atoms in total. The molecule has 0 saturated carbocycles. The van der Waals surface area contributed by atoms with Crippen molar-refractivity contribution in [1.82, 2.24) is 10.2 Å². The summed E-state index contributed by atoms with van der Waals surface area (Å²) >= 11 is 1.58. The van der Waals surface area contributed by atoms with Gasteiger partial charge in [0.05, 0.1) is 39.7 Å². The van der Waals surface area contributed by atoms with Crippen molar-refractivity contribution in [3.63, 3.8) is 0 Å². The van der Waals surface area contributed by atoms with Gasteiger partial charge in [0.25, 0.3) is 0 Å². The van der Waals surface area contributed by atoms with Crippen LogP contribution >= 0.6 is 11.8 Å². The molecule has 196 valence electrons. The number of carbonyl (C=O) groups excluding carboxylic acids is 3. The zero-order valence-electron chi connectivity index (χ0n) is 21.3. The highest BCUT2D eigenvalue weighted by molar-refractivity contribution is 7.99. The average molecular weight is 513 g/mol. The second kappa shape index (κ2) is 13.4. The molecule has 3 atom stereocenters. The van der Waals surface area contributed by atoms with Gasteiger partial charge in [-0.25, -0.2) is 4.79 Å². The first-order valence-corrected chi connectivity index (χ1v) is 12.6. The zero-order chi connectivity index (χ0) is 26.0. The van der Waals surface area contributed by atoms with Gasteiger partial charge in [-0.15, -0.1) is 0 Å². The molecule has 0 bridgehead atoms. The number of carbonyl (C=O) groups is 3. The van der Waals surface area contributed by atoms with Crippen LogP contribution in [0.25, 0.3) is 0 Å². The molecule has 1 aromatic carbocycles. The smallest absolute Gasteiger partial charge is 0.493 e. The van der Waals surface area contributed by atoms with Crippen LogP contribution in [-0.2, 0) is 30.2 Å². The lowest BCUT2D eigenvalue weighted by Crippen LogP contribution is -2.62. The third-order valence-corrected chi connectivity index (χ3v) is 6.91. The molecule has 1 aliphatic rings. The van der Waals surface area contributed by atoms with Crippen LogP contribution in [0.3, 0.4) is 0 Å². The van der Waals surface area contributed by atoms with E-state index in [4.69, 9.17) is 18.9 Å². The van der Waals surface area contributed by atoms with Crippen LogP contribution in [0.5, 0.6) is 11.5 Å². The Bertz CT molecular complexity index is 883. The molecule has 1 heterocycles. The molecule has 1 amide bonds. The fraction of sp³-hybridized carbons (Fsp3) is 0.625. The summed E-state index contributed by atoms with van der Waals surface area (Å²) in [4.78, 5) is 39.4. The number of aryl methyl sites for hydroxylation is 1. The standard InChI is InChI=1S/C24H36N2O8S/c1-7-33-22(28)18(10-8-17-9-11-19(30-4)20(14-17)31-5)25-16(2)21(27)26-12-13-35-15-24(26,3)34-23(29)32-6/h9,11,14,16,18,25H,7-8,10,12-13,15H2,1-6H3/t16-,18?,24?/m0/s1. The number of methoxy groups -OCH3 is 3. The van der Waals surface area contributed by atoms with Crippen molar-refractivity contribution >= 4 is 29.8 Å². The minimum absolute atomic E-state index is 0.226. The lowest BCUT2D eigenvalue weighted by atomic mass is 10.0. The lowest BCUT2D eigenvalue weighted by Gasteiger charge is -2.44. The Labute approximate surface area is 210 Å². The summed E-state index contributed by atoms with van der Waals surface area (Å²) in [6.07, 6.45) is 0.0895. The fourth-order valence-electron chi connectivity index (χ4n) is 3.85. The van der Waals surface area contributed by atoms with E-state index in [9.17, 15) is 14.4 Å². The quantitative estimate of drug-likeness (QED) is 0.444. The number of benzene rings is 1. The first-order chi connectivity index (χ1) is 16.7. The van der Waals surface area contributed by atoms with E-state index in [0.29, 0.717) is 42.4 Å². The molecule has 2 unspecified atom stereocenters. The van der Waals surface area contributed by atoms with E-state index in [2.05, 4.69) is 10.1 Å². The highest BCUT2D eigenvalue weighted by Gasteiger charge is 2.43. The molecule has 1 fully saturated rings. The van der Waals surface area contributed by atoms with E-state index in [1.807, 2.05) is 18.2 Å². The Hall–Kier alpha value is -2.66. The van der Waals surface area contributed by atoms with Crippen LogP contribution in [0.4, 0.5) is 4.79 Å². The number of thioether (sulfide) groups is 1. The maximum Gasteiger partial charge on any atom is 0.510 e. The van der Waals surface area contributed by atoms with Gasteiger partial charge in [-0.05, 0) is 51.3 Å². The van der Waals surface area contributed by atoms with E-state index in [0.717, 1.165) is 5.56 Å². The highest BCUT2D eigenvalue weighted by Crippen LogP contribution is 2.30. The van der Waals surface area contributed by atoms with E-state index in [1.54, 1.807) is 46.8 Å². The molecule has 35 heavy (non-hydrogen) atoms. The lowest BCUT2D eigenvalue weighted by molar-refractivity contribution is -0.158. The monoisotopic (exact) mass is 512 g/mol. The van der Waals surface area contributed by atoms with Crippen molar-refractivity contribution in [1.29, 1.82) is 0 Å². The molecule has 0 radical (unpaired) electrons. The van der Waals surface area contributed by atoms with Crippen LogP contribution in [0.2, 0.25) is 0 Å². The third-order valence-electron chi connectivity index (χ3n) is 5.70. The number of amides is 1. The first kappa shape index (κ1) is 28.6. The summed E-state index contributed by atoms with van der Waals surface area (Å²) in [5.41, 5.74) is -0.202. The molecule has 1 aromatic rings. The average Bonchev–Trinajstić information content (AvgIpc) is 2.85. The largest absolute Gasteiger partial charge is 0.510 e. The molecule has 1 aliphatic heterocycles. The van der Waals surface area contributed by atoms with Crippen molar-refractivity contribution in [2.75, 3.05) is 46.0 Å². The predicted molar refractivity (Wildman–Crippen MR) is 132 cm³/mol. The van der Waals surface area contributed by atoms with Crippen LogP contribution in [0.15, 0.2) is 18.2 Å². The zero-order valence-corrected chi connectivity index (χ0v) is 22.1. The molecular formula is C24H36N2O8S. The Morgan fingerprint density at radius 3 is 2.51 bits per heavy atom.